The molecule has 4 amide bonds. The molecule has 2 aliphatic rings. The van der Waals surface area contributed by atoms with E-state index in [0.717, 1.165) is 66.8 Å². The summed E-state index contributed by atoms with van der Waals surface area (Å²) in [6, 6.07) is 26.0. The zero-order valence-electron chi connectivity index (χ0n) is 59.4. The van der Waals surface area contributed by atoms with Crippen LogP contribution >= 0.6 is 22.7 Å². The number of rotatable bonds is 47. The number of unbranched alkanes of at least 4 members (excludes halogenated alkanes) is 27. The molecular formula is C82H104F6N2O8S2. The average Bonchev–Trinajstić information content (AvgIpc) is 1.53. The number of halogens is 6. The molecule has 10 nitrogen and oxygen atoms in total. The molecular weight excluding hydrogens is 1320 g/mol. The van der Waals surface area contributed by atoms with E-state index in [4.69, 9.17) is 23.7 Å². The summed E-state index contributed by atoms with van der Waals surface area (Å²) in [4.78, 5) is 36.9. The van der Waals surface area contributed by atoms with Gasteiger partial charge in [-0.15, -0.1) is 22.7 Å². The minimum atomic E-state index is -5.74. The first-order valence-corrected chi connectivity index (χ1v) is 38.6. The second kappa shape index (κ2) is 40.0. The van der Waals surface area contributed by atoms with E-state index in [-0.39, 0.29) is 39.7 Å². The van der Waals surface area contributed by atoms with Crippen molar-refractivity contribution < 1.29 is 64.4 Å². The highest BCUT2D eigenvalue weighted by atomic mass is 32.1. The number of imide groups is 2. The third kappa shape index (κ3) is 22.2. The molecule has 1 fully saturated rings. The van der Waals surface area contributed by atoms with Gasteiger partial charge in [0.2, 0.25) is 5.75 Å². The Hall–Kier alpha value is -7.05. The number of allylic oxidation sites excluding steroid dienone is 2. The molecule has 0 unspecified atom stereocenters. The van der Waals surface area contributed by atoms with Crippen molar-refractivity contribution in [1.82, 2.24) is 10.6 Å². The molecule has 0 bridgehead atoms. The maximum absolute atomic E-state index is 16.4. The molecule has 544 valence electrons. The molecule has 0 atom stereocenters. The van der Waals surface area contributed by atoms with Crippen LogP contribution in [0.4, 0.5) is 31.1 Å². The molecule has 100 heavy (non-hydrogen) atoms. The van der Waals surface area contributed by atoms with E-state index >= 15 is 26.3 Å². The fourth-order valence-electron chi connectivity index (χ4n) is 12.8. The Kier molecular flexibility index (Phi) is 31.4. The lowest BCUT2D eigenvalue weighted by atomic mass is 9.94. The van der Waals surface area contributed by atoms with Crippen molar-refractivity contribution in [2.75, 3.05) is 19.8 Å². The van der Waals surface area contributed by atoms with Crippen molar-refractivity contribution in [3.05, 3.63) is 140 Å². The predicted molar refractivity (Wildman–Crippen MR) is 394 cm³/mol. The van der Waals surface area contributed by atoms with Crippen LogP contribution in [0.5, 0.6) is 28.7 Å². The molecule has 1 saturated heterocycles. The first-order valence-electron chi connectivity index (χ1n) is 37.0. The molecule has 8 rings (SSSR count). The van der Waals surface area contributed by atoms with Crippen molar-refractivity contribution in [1.29, 1.82) is 0 Å². The summed E-state index contributed by atoms with van der Waals surface area (Å²) in [6.45, 7) is 11.6. The minimum Gasteiger partial charge on any atom is -0.490 e. The predicted octanol–water partition coefficient (Wildman–Crippen LogP) is 24.4. The number of carbonyl (C=O) groups excluding carboxylic acids is 3. The fourth-order valence-corrected chi connectivity index (χ4v) is 14.9. The van der Waals surface area contributed by atoms with Gasteiger partial charge in [0.05, 0.1) is 19.8 Å². The van der Waals surface area contributed by atoms with Crippen molar-refractivity contribution in [2.45, 2.75) is 258 Å². The molecule has 1 aliphatic carbocycles. The number of thiophene rings is 2. The van der Waals surface area contributed by atoms with Gasteiger partial charge in [-0.25, -0.2) is 4.79 Å². The summed E-state index contributed by atoms with van der Waals surface area (Å²) < 4.78 is 129. The first-order chi connectivity index (χ1) is 48.4. The Morgan fingerprint density at radius 2 is 0.740 bits per heavy atom. The fraction of sp³-hybridized carbons (Fsp3) is 0.524. The van der Waals surface area contributed by atoms with E-state index in [2.05, 4.69) is 20.8 Å². The highest BCUT2D eigenvalue weighted by Crippen LogP contribution is 2.66. The van der Waals surface area contributed by atoms with Gasteiger partial charge in [-0.1, -0.05) is 231 Å². The van der Waals surface area contributed by atoms with Crippen LogP contribution in [0.3, 0.4) is 0 Å². The lowest BCUT2D eigenvalue weighted by molar-refractivity contribution is -0.254. The topological polar surface area (TPSA) is 121 Å². The molecule has 1 aliphatic heterocycles. The maximum atomic E-state index is 16.4. The van der Waals surface area contributed by atoms with Gasteiger partial charge in [0, 0.05) is 30.7 Å². The van der Waals surface area contributed by atoms with Crippen molar-refractivity contribution in [3.63, 3.8) is 0 Å². The summed E-state index contributed by atoms with van der Waals surface area (Å²) in [5.41, 5.74) is -0.672. The molecule has 2 N–H and O–H groups in total. The Morgan fingerprint density at radius 3 is 1.13 bits per heavy atom. The summed E-state index contributed by atoms with van der Waals surface area (Å²) in [5.74, 6) is -15.0. The summed E-state index contributed by atoms with van der Waals surface area (Å²) >= 11 is 2.08. The number of urea groups is 1. The first kappa shape index (κ1) is 78.7. The van der Waals surface area contributed by atoms with Gasteiger partial charge in [0.1, 0.15) is 30.3 Å². The van der Waals surface area contributed by atoms with Crippen LogP contribution in [-0.2, 0) is 22.8 Å². The largest absolute Gasteiger partial charge is 0.490 e. The number of amides is 4. The standard InChI is InChI=1S/C82H104F6N2O8S2/c1-6-9-12-15-18-21-24-27-30-33-48-94-70-52-62(53-71(95-49-34-31-28-25-22-19-16-13-10-7-2)76(70)96-50-35-32-29-26-23-20-17-14-11-8-3)57-98-66-46-42-64(43-47-66)73-55-68(59(5)100-73)75-74(80(83,84)82(87,88)81(75,85)86)67-54-72(99-58(67)4)63-40-36-61(37-41-63)56-97-65-44-38-60(39-45-65)51-69-77(91)89-79(93)90-78(69)92/h36-47,51-55H,6-35,48-50,56-57H2,1-5H3,(H2,89,90,91,92,93). The molecule has 0 saturated carbocycles. The number of hydrogen-bond donors (Lipinski definition) is 2. The van der Waals surface area contributed by atoms with E-state index in [1.807, 2.05) is 22.8 Å². The SMILES string of the molecule is CCCCCCCCCCCCOc1cc(COc2ccc(-c3cc(C4=C(c5cc(-c6ccc(COc7ccc(C=C8C(=O)NC(=O)NC8=O)cc7)cc6)sc5C)C(F)(F)C(F)(F)C4(F)F)c(C)s3)cc2)cc(OCCCCCCCCCCCC)c1OCCCCCCCCCCCC. The summed E-state index contributed by atoms with van der Waals surface area (Å²) in [6.07, 6.45) is 37.7. The number of barbiturate groups is 1. The normalized spacial score (nSPS) is 14.8. The maximum Gasteiger partial charge on any atom is 0.380 e. The van der Waals surface area contributed by atoms with Gasteiger partial charge in [0.15, 0.2) is 11.5 Å². The second-order valence-electron chi connectivity index (χ2n) is 26.8. The van der Waals surface area contributed by atoms with Gasteiger partial charge >= 0.3 is 23.8 Å². The molecule has 0 spiro atoms. The Labute approximate surface area is 597 Å². The molecule has 0 radical (unpaired) electrons. The zero-order valence-corrected chi connectivity index (χ0v) is 61.0. The Balaban J connectivity index is 0.958. The highest BCUT2D eigenvalue weighted by Gasteiger charge is 2.80. The Bertz CT molecular complexity index is 3530. The van der Waals surface area contributed by atoms with Crippen molar-refractivity contribution >= 4 is 57.7 Å². The number of benzene rings is 4. The zero-order chi connectivity index (χ0) is 71.3. The molecule has 3 heterocycles. The van der Waals surface area contributed by atoms with Gasteiger partial charge in [-0.05, 0) is 139 Å². The van der Waals surface area contributed by atoms with Crippen LogP contribution in [0.1, 0.15) is 251 Å². The van der Waals surface area contributed by atoms with Crippen LogP contribution in [0, 0.1) is 13.8 Å². The average molecular weight is 1420 g/mol. The summed E-state index contributed by atoms with van der Waals surface area (Å²) in [5, 5.41) is 4.04. The third-order valence-corrected chi connectivity index (χ3v) is 20.9. The van der Waals surface area contributed by atoms with Crippen LogP contribution in [-0.4, -0.2) is 55.4 Å². The number of aryl methyl sites for hydroxylation is 2. The molecule has 2 aromatic heterocycles. The second-order valence-corrected chi connectivity index (χ2v) is 29.3. The van der Waals surface area contributed by atoms with Gasteiger partial charge < -0.3 is 23.7 Å². The number of ether oxygens (including phenoxy) is 5. The van der Waals surface area contributed by atoms with Crippen LogP contribution < -0.4 is 34.3 Å². The lowest BCUT2D eigenvalue weighted by Crippen LogP contribution is -2.51. The number of carbonyl (C=O) groups is 3. The van der Waals surface area contributed by atoms with E-state index in [1.54, 1.807) is 72.8 Å². The minimum absolute atomic E-state index is 0.104. The van der Waals surface area contributed by atoms with E-state index in [1.165, 1.54) is 186 Å². The quantitative estimate of drug-likeness (QED) is 0.0168. The smallest absolute Gasteiger partial charge is 0.380 e. The van der Waals surface area contributed by atoms with Gasteiger partial charge in [-0.2, -0.15) is 26.3 Å². The molecule has 4 aromatic carbocycles. The van der Waals surface area contributed by atoms with Crippen molar-refractivity contribution in [3.8, 4) is 49.6 Å². The van der Waals surface area contributed by atoms with Gasteiger partial charge in [0.25, 0.3) is 11.8 Å². The van der Waals surface area contributed by atoms with Crippen LogP contribution in [0.15, 0.2) is 103 Å². The summed E-state index contributed by atoms with van der Waals surface area (Å²) in [7, 11) is 0. The van der Waals surface area contributed by atoms with Crippen LogP contribution in [0.25, 0.3) is 38.1 Å². The highest BCUT2D eigenvalue weighted by molar-refractivity contribution is 7.16. The van der Waals surface area contributed by atoms with Gasteiger partial charge in [-0.3, -0.25) is 20.2 Å². The molecule has 18 heteroatoms. The van der Waals surface area contributed by atoms with E-state index < -0.39 is 46.8 Å². The van der Waals surface area contributed by atoms with Crippen LogP contribution in [0.2, 0.25) is 0 Å². The number of nitrogens with one attached hydrogen (secondary N) is 2. The third-order valence-electron chi connectivity index (χ3n) is 18.7. The molecule has 6 aromatic rings. The lowest BCUT2D eigenvalue weighted by Gasteiger charge is -2.25. The number of alkyl halides is 6. The monoisotopic (exact) mass is 1420 g/mol. The van der Waals surface area contributed by atoms with E-state index in [9.17, 15) is 14.4 Å². The van der Waals surface area contributed by atoms with E-state index in [0.29, 0.717) is 80.6 Å². The van der Waals surface area contributed by atoms with Crippen molar-refractivity contribution in [2.24, 2.45) is 0 Å². The Morgan fingerprint density at radius 1 is 0.400 bits per heavy atom. The number of hydrogen-bond acceptors (Lipinski definition) is 10.